The molecule has 1 heterocycles. The fourth-order valence-electron chi connectivity index (χ4n) is 3.74. The van der Waals surface area contributed by atoms with Crippen molar-refractivity contribution in [1.82, 2.24) is 10.6 Å². The quantitative estimate of drug-likeness (QED) is 0.198. The number of carbonyl (C=O) groups is 2. The van der Waals surface area contributed by atoms with Gasteiger partial charge in [0.15, 0.2) is 6.29 Å². The fourth-order valence-corrected chi connectivity index (χ4v) is 6.46. The molecule has 0 saturated carbocycles. The van der Waals surface area contributed by atoms with Crippen molar-refractivity contribution in [2.75, 3.05) is 38.7 Å². The molecule has 0 aliphatic carbocycles. The van der Waals surface area contributed by atoms with E-state index in [-0.39, 0.29) is 28.6 Å². The number of hydrogen-bond acceptors (Lipinski definition) is 7. The smallest absolute Gasteiger partial charge is 0.251 e. The second-order valence-corrected chi connectivity index (χ2v) is 13.1. The third kappa shape index (κ3) is 10.6. The molecule has 0 radical (unpaired) electrons. The fraction of sp³-hybridized carbons (Fsp3) is 0.704. The lowest BCUT2D eigenvalue weighted by atomic mass is 9.83. The maximum atomic E-state index is 12.5. The summed E-state index contributed by atoms with van der Waals surface area (Å²) in [5, 5.41) is 14.6. The first-order valence-electron chi connectivity index (χ1n) is 13.0. The van der Waals surface area contributed by atoms with Crippen LogP contribution in [-0.4, -0.2) is 60.3 Å². The van der Waals surface area contributed by atoms with Crippen LogP contribution in [0.3, 0.4) is 0 Å². The summed E-state index contributed by atoms with van der Waals surface area (Å²) in [5.41, 5.74) is 1.57. The van der Waals surface area contributed by atoms with Gasteiger partial charge in [0.1, 0.15) is 0 Å². The summed E-state index contributed by atoms with van der Waals surface area (Å²) in [5.74, 6) is 0.826. The van der Waals surface area contributed by atoms with Crippen molar-refractivity contribution in [2.24, 2.45) is 5.41 Å². The molecule has 1 saturated heterocycles. The van der Waals surface area contributed by atoms with Crippen LogP contribution in [0.2, 0.25) is 0 Å². The number of unbranched alkanes of at least 4 members (excludes halogenated alkanes) is 1. The summed E-state index contributed by atoms with van der Waals surface area (Å²) in [7, 11) is 3.59. The van der Waals surface area contributed by atoms with Crippen LogP contribution >= 0.6 is 21.6 Å². The van der Waals surface area contributed by atoms with Gasteiger partial charge in [-0.05, 0) is 58.1 Å². The largest absolute Gasteiger partial charge is 0.396 e. The molecule has 7 nitrogen and oxygen atoms in total. The summed E-state index contributed by atoms with van der Waals surface area (Å²) < 4.78 is 11.9. The molecule has 2 amide bonds. The lowest BCUT2D eigenvalue weighted by molar-refractivity contribution is -0.235. The number of amides is 2. The molecule has 1 aliphatic heterocycles. The standard InChI is InChI=1S/C27H44N2O5S2/c1-5-27(6-2)19-33-25(34-20-27)22-11-9-21(10-12-22)24(32)29-16-15-28-23(31)13-14-26(3,4)36-35-18-8-7-17-30/h9-12,25,30H,5-8,13-20H2,1-4H3,(H,28,31)(H,29,32). The molecule has 0 bridgehead atoms. The Kier molecular flexibility index (Phi) is 13.6. The minimum absolute atomic E-state index is 0.00440. The summed E-state index contributed by atoms with van der Waals surface area (Å²) >= 11 is 0. The highest BCUT2D eigenvalue weighted by Crippen LogP contribution is 2.39. The summed E-state index contributed by atoms with van der Waals surface area (Å²) in [6.07, 6.45) is 4.73. The molecule has 36 heavy (non-hydrogen) atoms. The van der Waals surface area contributed by atoms with E-state index in [0.29, 0.717) is 38.3 Å². The van der Waals surface area contributed by atoms with Crippen molar-refractivity contribution in [2.45, 2.75) is 77.3 Å². The highest BCUT2D eigenvalue weighted by molar-refractivity contribution is 8.77. The minimum Gasteiger partial charge on any atom is -0.396 e. The van der Waals surface area contributed by atoms with Gasteiger partial charge in [0.2, 0.25) is 5.91 Å². The summed E-state index contributed by atoms with van der Waals surface area (Å²) in [4.78, 5) is 24.7. The Hall–Kier alpha value is -1.26. The Morgan fingerprint density at radius 3 is 2.31 bits per heavy atom. The summed E-state index contributed by atoms with van der Waals surface area (Å²) in [6.45, 7) is 11.0. The predicted molar refractivity (Wildman–Crippen MR) is 149 cm³/mol. The van der Waals surface area contributed by atoms with Crippen molar-refractivity contribution >= 4 is 33.4 Å². The number of rotatable bonds is 16. The molecule has 1 fully saturated rings. The van der Waals surface area contributed by atoms with Crippen LogP contribution < -0.4 is 10.6 Å². The van der Waals surface area contributed by atoms with E-state index < -0.39 is 6.29 Å². The van der Waals surface area contributed by atoms with Crippen LogP contribution in [-0.2, 0) is 14.3 Å². The van der Waals surface area contributed by atoms with Crippen molar-refractivity contribution in [3.8, 4) is 0 Å². The molecular formula is C27H44N2O5S2. The van der Waals surface area contributed by atoms with Gasteiger partial charge in [-0.25, -0.2) is 0 Å². The molecular weight excluding hydrogens is 496 g/mol. The molecule has 2 rings (SSSR count). The average molecular weight is 541 g/mol. The molecule has 1 aromatic rings. The van der Waals surface area contributed by atoms with Gasteiger partial charge in [-0.1, -0.05) is 47.6 Å². The molecule has 9 heteroatoms. The van der Waals surface area contributed by atoms with Gasteiger partial charge in [0.05, 0.1) is 13.2 Å². The number of aliphatic hydroxyl groups is 1. The number of nitrogens with one attached hydrogen (secondary N) is 2. The van der Waals surface area contributed by atoms with Crippen LogP contribution in [0.15, 0.2) is 24.3 Å². The second kappa shape index (κ2) is 15.9. The zero-order valence-corrected chi connectivity index (χ0v) is 23.9. The van der Waals surface area contributed by atoms with E-state index in [2.05, 4.69) is 38.3 Å². The highest BCUT2D eigenvalue weighted by Gasteiger charge is 2.34. The first-order valence-corrected chi connectivity index (χ1v) is 15.4. The predicted octanol–water partition coefficient (Wildman–Crippen LogP) is 5.10. The monoisotopic (exact) mass is 540 g/mol. The molecule has 0 aromatic heterocycles. The van der Waals surface area contributed by atoms with Gasteiger partial charge in [0.25, 0.3) is 5.91 Å². The Bertz CT molecular complexity index is 790. The molecule has 204 valence electrons. The third-order valence-corrected chi connectivity index (χ3v) is 10.1. The van der Waals surface area contributed by atoms with Crippen molar-refractivity contribution in [1.29, 1.82) is 0 Å². The van der Waals surface area contributed by atoms with E-state index >= 15 is 0 Å². The molecule has 1 aliphatic rings. The van der Waals surface area contributed by atoms with E-state index in [1.807, 2.05) is 12.1 Å². The molecule has 3 N–H and O–H groups in total. The van der Waals surface area contributed by atoms with Crippen LogP contribution in [0.1, 0.15) is 88.4 Å². The number of hydrogen-bond donors (Lipinski definition) is 3. The molecule has 0 spiro atoms. The maximum absolute atomic E-state index is 12.5. The van der Waals surface area contributed by atoms with E-state index in [1.54, 1.807) is 33.7 Å². The number of carbonyl (C=O) groups excluding carboxylic acids is 2. The second-order valence-electron chi connectivity index (χ2n) is 9.98. The van der Waals surface area contributed by atoms with Gasteiger partial charge in [-0.2, -0.15) is 0 Å². The SMILES string of the molecule is CCC1(CC)COC(c2ccc(C(=O)NCCNC(=O)CCC(C)(C)SSCCCCO)cc2)OC1. The van der Waals surface area contributed by atoms with Crippen molar-refractivity contribution < 1.29 is 24.2 Å². The minimum atomic E-state index is -0.392. The molecule has 1 aromatic carbocycles. The van der Waals surface area contributed by atoms with Crippen molar-refractivity contribution in [3.63, 3.8) is 0 Å². The van der Waals surface area contributed by atoms with Crippen molar-refractivity contribution in [3.05, 3.63) is 35.4 Å². The molecule has 0 unspecified atom stereocenters. The molecule has 0 atom stereocenters. The zero-order valence-electron chi connectivity index (χ0n) is 22.3. The first kappa shape index (κ1) is 31.0. The first-order chi connectivity index (χ1) is 17.2. The van der Waals surface area contributed by atoms with E-state index in [4.69, 9.17) is 14.6 Å². The Morgan fingerprint density at radius 1 is 1.06 bits per heavy atom. The Labute approximate surface area is 224 Å². The van der Waals surface area contributed by atoms with Crippen LogP contribution in [0, 0.1) is 5.41 Å². The van der Waals surface area contributed by atoms with Gasteiger partial charge in [0, 0.05) is 53.2 Å². The number of benzene rings is 1. The zero-order chi connectivity index (χ0) is 26.4. The lowest BCUT2D eigenvalue weighted by Crippen LogP contribution is -2.37. The maximum Gasteiger partial charge on any atom is 0.251 e. The van der Waals surface area contributed by atoms with Crippen LogP contribution in [0.25, 0.3) is 0 Å². The van der Waals surface area contributed by atoms with E-state index in [1.165, 1.54) is 0 Å². The van der Waals surface area contributed by atoms with Crippen LogP contribution in [0.5, 0.6) is 0 Å². The van der Waals surface area contributed by atoms with Gasteiger partial charge < -0.3 is 25.2 Å². The summed E-state index contributed by atoms with van der Waals surface area (Å²) in [6, 6.07) is 7.30. The number of aliphatic hydroxyl groups excluding tert-OH is 1. The average Bonchev–Trinajstić information content (AvgIpc) is 2.90. The van der Waals surface area contributed by atoms with Gasteiger partial charge in [-0.3, -0.25) is 9.59 Å². The topological polar surface area (TPSA) is 96.9 Å². The highest BCUT2D eigenvalue weighted by atomic mass is 33.1. The third-order valence-electron chi connectivity index (χ3n) is 6.63. The van der Waals surface area contributed by atoms with E-state index in [9.17, 15) is 9.59 Å². The number of ether oxygens (including phenoxy) is 2. The lowest BCUT2D eigenvalue weighted by Gasteiger charge is -2.39. The van der Waals surface area contributed by atoms with Gasteiger partial charge in [-0.15, -0.1) is 0 Å². The Balaban J connectivity index is 1.63. The van der Waals surface area contributed by atoms with Gasteiger partial charge >= 0.3 is 0 Å². The van der Waals surface area contributed by atoms with Crippen LogP contribution in [0.4, 0.5) is 0 Å². The Morgan fingerprint density at radius 2 is 1.69 bits per heavy atom. The normalized spacial score (nSPS) is 16.0. The van der Waals surface area contributed by atoms with E-state index in [0.717, 1.165) is 43.4 Å².